The fourth-order valence-electron chi connectivity index (χ4n) is 3.49. The Morgan fingerprint density at radius 1 is 1.36 bits per heavy atom. The number of aromatic nitrogens is 1. The monoisotopic (exact) mass is 390 g/mol. The van der Waals surface area contributed by atoms with Crippen molar-refractivity contribution in [3.63, 3.8) is 0 Å². The molecule has 0 aromatic carbocycles. The molecule has 0 bridgehead atoms. The largest absolute Gasteiger partial charge is 0.357 e. The number of nitrogens with one attached hydrogen (secondary N) is 3. The maximum absolute atomic E-state index is 13.9. The number of nitrogens with zero attached hydrogens (tertiary/aromatic N) is 3. The average Bonchev–Trinajstić information content (AvgIpc) is 3.08. The lowest BCUT2D eigenvalue weighted by Gasteiger charge is -2.23. The maximum atomic E-state index is 13.9. The molecule has 2 heterocycles. The van der Waals surface area contributed by atoms with E-state index in [1.54, 1.807) is 12.3 Å². The lowest BCUT2D eigenvalue weighted by molar-refractivity contribution is -0.127. The van der Waals surface area contributed by atoms with E-state index in [-0.39, 0.29) is 23.7 Å². The second kappa shape index (κ2) is 10.2. The van der Waals surface area contributed by atoms with E-state index in [9.17, 15) is 9.18 Å². The van der Waals surface area contributed by atoms with Crippen molar-refractivity contribution in [3.8, 4) is 0 Å². The fraction of sp³-hybridized carbons (Fsp3) is 0.650. The number of carbonyl (C=O) groups excluding carboxylic acids is 1. The summed E-state index contributed by atoms with van der Waals surface area (Å²) in [4.78, 5) is 22.5. The number of hydrogen-bond acceptors (Lipinski definition) is 4. The normalized spacial score (nSPS) is 20.0. The highest BCUT2D eigenvalue weighted by Crippen LogP contribution is 2.26. The van der Waals surface area contributed by atoms with Gasteiger partial charge in [0.1, 0.15) is 0 Å². The van der Waals surface area contributed by atoms with Crippen LogP contribution in [0.1, 0.15) is 39.0 Å². The Kier molecular flexibility index (Phi) is 7.45. The maximum Gasteiger partial charge on any atom is 0.223 e. The first-order valence-corrected chi connectivity index (χ1v) is 10.4. The van der Waals surface area contributed by atoms with Crippen molar-refractivity contribution in [1.82, 2.24) is 20.9 Å². The van der Waals surface area contributed by atoms with Crippen molar-refractivity contribution in [2.24, 2.45) is 10.9 Å². The van der Waals surface area contributed by atoms with Crippen LogP contribution in [-0.4, -0.2) is 55.6 Å². The Balaban J connectivity index is 1.41. The molecule has 2 aliphatic rings. The number of aliphatic imine (C=N–C) groups is 1. The van der Waals surface area contributed by atoms with Gasteiger partial charge in [-0.25, -0.2) is 9.37 Å². The van der Waals surface area contributed by atoms with E-state index < -0.39 is 0 Å². The molecule has 1 aromatic rings. The molecule has 1 aromatic heterocycles. The summed E-state index contributed by atoms with van der Waals surface area (Å²) in [5.74, 6) is 1.31. The van der Waals surface area contributed by atoms with Crippen molar-refractivity contribution in [3.05, 3.63) is 24.1 Å². The Morgan fingerprint density at radius 3 is 2.93 bits per heavy atom. The average molecular weight is 391 g/mol. The molecule has 1 aliphatic heterocycles. The summed E-state index contributed by atoms with van der Waals surface area (Å²) in [6, 6.07) is 3.24. The van der Waals surface area contributed by atoms with Crippen molar-refractivity contribution < 1.29 is 9.18 Å². The predicted octanol–water partition coefficient (Wildman–Crippen LogP) is 1.66. The van der Waals surface area contributed by atoms with Crippen LogP contribution in [0.3, 0.4) is 0 Å². The first kappa shape index (κ1) is 20.4. The zero-order chi connectivity index (χ0) is 19.8. The first-order valence-electron chi connectivity index (χ1n) is 10.4. The van der Waals surface area contributed by atoms with Crippen molar-refractivity contribution in [1.29, 1.82) is 0 Å². The Morgan fingerprint density at radius 2 is 2.21 bits per heavy atom. The molecule has 1 atom stereocenters. The minimum absolute atomic E-state index is 0.188. The Hall–Kier alpha value is -2.38. The second-order valence-corrected chi connectivity index (χ2v) is 7.42. The van der Waals surface area contributed by atoms with Crippen LogP contribution in [0.25, 0.3) is 0 Å². The van der Waals surface area contributed by atoms with E-state index in [4.69, 9.17) is 0 Å². The Bertz CT molecular complexity index is 678. The van der Waals surface area contributed by atoms with Gasteiger partial charge in [0, 0.05) is 50.9 Å². The summed E-state index contributed by atoms with van der Waals surface area (Å²) in [6.45, 7) is 5.56. The van der Waals surface area contributed by atoms with Crippen LogP contribution in [0.4, 0.5) is 10.2 Å². The van der Waals surface area contributed by atoms with Gasteiger partial charge in [-0.1, -0.05) is 6.42 Å². The van der Waals surface area contributed by atoms with E-state index >= 15 is 0 Å². The third kappa shape index (κ3) is 5.56. The lowest BCUT2D eigenvalue weighted by Crippen LogP contribution is -2.44. The summed E-state index contributed by atoms with van der Waals surface area (Å²) in [7, 11) is 0. The molecule has 1 aliphatic carbocycles. The molecule has 1 unspecified atom stereocenters. The topological polar surface area (TPSA) is 81.6 Å². The van der Waals surface area contributed by atoms with E-state index in [1.165, 1.54) is 12.5 Å². The van der Waals surface area contributed by atoms with Gasteiger partial charge in [-0.15, -0.1) is 0 Å². The van der Waals surface area contributed by atoms with Gasteiger partial charge in [-0.3, -0.25) is 9.79 Å². The van der Waals surface area contributed by atoms with Gasteiger partial charge in [-0.05, 0) is 44.7 Å². The number of rotatable bonds is 8. The van der Waals surface area contributed by atoms with Crippen LogP contribution >= 0.6 is 0 Å². The van der Waals surface area contributed by atoms with Crippen molar-refractivity contribution >= 4 is 17.7 Å². The van der Waals surface area contributed by atoms with Gasteiger partial charge in [0.2, 0.25) is 5.91 Å². The molecule has 1 saturated heterocycles. The van der Waals surface area contributed by atoms with Crippen molar-refractivity contribution in [2.45, 2.75) is 45.1 Å². The number of carbonyl (C=O) groups is 1. The van der Waals surface area contributed by atoms with Gasteiger partial charge in [0.25, 0.3) is 0 Å². The molecule has 1 saturated carbocycles. The standard InChI is InChI=1S/C20H31FN6O/c1-2-22-20(25-12-5-11-24-19(28)15-6-3-7-15)26-16-9-13-27(14-16)18-17(21)8-4-10-23-18/h4,8,10,15-16H,2-3,5-7,9,11-14H2,1H3,(H,24,28)(H2,22,25,26). The van der Waals surface area contributed by atoms with Crippen molar-refractivity contribution in [2.75, 3.05) is 37.6 Å². The quantitative estimate of drug-likeness (QED) is 0.357. The summed E-state index contributed by atoms with van der Waals surface area (Å²) >= 11 is 0. The molecule has 0 spiro atoms. The number of guanidine groups is 1. The van der Waals surface area contributed by atoms with Crippen LogP contribution in [0, 0.1) is 11.7 Å². The van der Waals surface area contributed by atoms with E-state index in [0.717, 1.165) is 44.7 Å². The third-order valence-corrected chi connectivity index (χ3v) is 5.29. The molecule has 3 rings (SSSR count). The zero-order valence-electron chi connectivity index (χ0n) is 16.6. The highest BCUT2D eigenvalue weighted by Gasteiger charge is 2.26. The van der Waals surface area contributed by atoms with E-state index in [2.05, 4.69) is 25.9 Å². The molecule has 8 heteroatoms. The highest BCUT2D eigenvalue weighted by molar-refractivity contribution is 5.80. The summed E-state index contributed by atoms with van der Waals surface area (Å²) in [5.41, 5.74) is 0. The second-order valence-electron chi connectivity index (χ2n) is 7.42. The summed E-state index contributed by atoms with van der Waals surface area (Å²) in [5, 5.41) is 9.68. The fourth-order valence-corrected chi connectivity index (χ4v) is 3.49. The van der Waals surface area contributed by atoms with Gasteiger partial charge < -0.3 is 20.9 Å². The summed E-state index contributed by atoms with van der Waals surface area (Å²) in [6.07, 6.45) is 6.56. The molecule has 154 valence electrons. The van der Waals surface area contributed by atoms with Crippen LogP contribution < -0.4 is 20.9 Å². The number of halogens is 1. The van der Waals surface area contributed by atoms with Crippen LogP contribution in [0.2, 0.25) is 0 Å². The van der Waals surface area contributed by atoms with Gasteiger partial charge >= 0.3 is 0 Å². The highest BCUT2D eigenvalue weighted by atomic mass is 19.1. The third-order valence-electron chi connectivity index (χ3n) is 5.29. The van der Waals surface area contributed by atoms with Gasteiger partial charge in [0.15, 0.2) is 17.6 Å². The van der Waals surface area contributed by atoms with Crippen LogP contribution in [0.5, 0.6) is 0 Å². The molecule has 7 nitrogen and oxygen atoms in total. The number of pyridine rings is 1. The SMILES string of the molecule is CCNC(=NCCCNC(=O)C1CCC1)NC1CCN(c2ncccc2F)C1. The first-order chi connectivity index (χ1) is 13.7. The van der Waals surface area contributed by atoms with E-state index in [0.29, 0.717) is 25.5 Å². The Labute approximate surface area is 166 Å². The van der Waals surface area contributed by atoms with Gasteiger partial charge in [0.05, 0.1) is 0 Å². The molecule has 2 fully saturated rings. The van der Waals surface area contributed by atoms with Crippen LogP contribution in [0.15, 0.2) is 23.3 Å². The lowest BCUT2D eigenvalue weighted by atomic mass is 9.85. The molecular formula is C20H31FN6O. The predicted molar refractivity (Wildman–Crippen MR) is 109 cm³/mol. The van der Waals surface area contributed by atoms with Crippen LogP contribution in [-0.2, 0) is 4.79 Å². The molecular weight excluding hydrogens is 359 g/mol. The molecule has 28 heavy (non-hydrogen) atoms. The minimum Gasteiger partial charge on any atom is -0.357 e. The minimum atomic E-state index is -0.285. The molecule has 1 amide bonds. The van der Waals surface area contributed by atoms with Gasteiger partial charge in [-0.2, -0.15) is 0 Å². The number of amides is 1. The smallest absolute Gasteiger partial charge is 0.223 e. The number of hydrogen-bond donors (Lipinski definition) is 3. The molecule has 3 N–H and O–H groups in total. The van der Waals surface area contributed by atoms with E-state index in [1.807, 2.05) is 11.8 Å². The molecule has 0 radical (unpaired) electrons. The summed E-state index contributed by atoms with van der Waals surface area (Å²) < 4.78 is 13.9. The number of anilines is 1. The zero-order valence-corrected chi connectivity index (χ0v) is 16.6.